The molecular weight excluding hydrogens is 426 g/mol. The average molecular weight is 460 g/mol. The summed E-state index contributed by atoms with van der Waals surface area (Å²) in [5.41, 5.74) is 5.93. The van der Waals surface area contributed by atoms with Crippen molar-refractivity contribution in [2.75, 3.05) is 4.90 Å². The molecule has 0 saturated heterocycles. The standard InChI is InChI=1S/C32H33N3/c1-3-13-24(4-2)29-18-11-12-19-30(29)32(34)35(31(33)27-16-9-6-10-17-27)28-22-20-26(21-23-28)25-14-7-5-8-15-25/h5-12,14-24,33-34H,3-4,13H2,1-2H3. The zero-order valence-electron chi connectivity index (χ0n) is 20.5. The first-order valence-electron chi connectivity index (χ1n) is 12.4. The fourth-order valence-electron chi connectivity index (χ4n) is 4.65. The Labute approximate surface area is 209 Å². The molecule has 2 N–H and O–H groups in total. The summed E-state index contributed by atoms with van der Waals surface area (Å²) in [6.45, 7) is 4.43. The van der Waals surface area contributed by atoms with Gasteiger partial charge in [-0.15, -0.1) is 0 Å². The van der Waals surface area contributed by atoms with Gasteiger partial charge in [0.1, 0.15) is 11.7 Å². The van der Waals surface area contributed by atoms with Gasteiger partial charge < -0.3 is 0 Å². The number of benzene rings is 4. The minimum atomic E-state index is 0.293. The quantitative estimate of drug-likeness (QED) is 0.201. The van der Waals surface area contributed by atoms with Crippen LogP contribution in [0.15, 0.2) is 109 Å². The minimum absolute atomic E-state index is 0.293. The first kappa shape index (κ1) is 24.2. The van der Waals surface area contributed by atoms with Crippen LogP contribution in [0.5, 0.6) is 0 Å². The van der Waals surface area contributed by atoms with Crippen LogP contribution in [0.25, 0.3) is 11.1 Å². The van der Waals surface area contributed by atoms with E-state index < -0.39 is 0 Å². The number of nitrogens with one attached hydrogen (secondary N) is 2. The molecule has 4 aromatic carbocycles. The Kier molecular flexibility index (Phi) is 7.89. The van der Waals surface area contributed by atoms with Crippen LogP contribution in [-0.2, 0) is 0 Å². The third-order valence-electron chi connectivity index (χ3n) is 6.51. The van der Waals surface area contributed by atoms with Crippen LogP contribution in [0.2, 0.25) is 0 Å². The summed E-state index contributed by atoms with van der Waals surface area (Å²) in [5.74, 6) is 1.02. The molecule has 0 spiro atoms. The number of rotatable bonds is 8. The van der Waals surface area contributed by atoms with Gasteiger partial charge in [-0.2, -0.15) is 0 Å². The molecule has 3 heteroatoms. The van der Waals surface area contributed by atoms with Crippen LogP contribution >= 0.6 is 0 Å². The second-order valence-electron chi connectivity index (χ2n) is 8.79. The highest BCUT2D eigenvalue weighted by Crippen LogP contribution is 2.31. The van der Waals surface area contributed by atoms with Gasteiger partial charge in [-0.1, -0.05) is 117 Å². The third-order valence-corrected chi connectivity index (χ3v) is 6.51. The molecule has 1 atom stereocenters. The van der Waals surface area contributed by atoms with Crippen LogP contribution in [0.3, 0.4) is 0 Å². The molecule has 3 nitrogen and oxygen atoms in total. The maximum Gasteiger partial charge on any atom is 0.138 e. The Hall–Kier alpha value is -3.98. The van der Waals surface area contributed by atoms with Gasteiger partial charge in [0.15, 0.2) is 0 Å². The van der Waals surface area contributed by atoms with E-state index in [-0.39, 0.29) is 0 Å². The summed E-state index contributed by atoms with van der Waals surface area (Å²) in [4.78, 5) is 1.77. The maximum absolute atomic E-state index is 9.35. The van der Waals surface area contributed by atoms with E-state index >= 15 is 0 Å². The van der Waals surface area contributed by atoms with E-state index in [4.69, 9.17) is 5.41 Å². The molecular formula is C32H33N3. The van der Waals surface area contributed by atoms with E-state index in [1.807, 2.05) is 72.8 Å². The lowest BCUT2D eigenvalue weighted by molar-refractivity contribution is 0.595. The first-order valence-corrected chi connectivity index (χ1v) is 12.4. The van der Waals surface area contributed by atoms with E-state index in [2.05, 4.69) is 50.2 Å². The predicted molar refractivity (Wildman–Crippen MR) is 149 cm³/mol. The zero-order chi connectivity index (χ0) is 24.6. The highest BCUT2D eigenvalue weighted by atomic mass is 15.2. The summed E-state index contributed by atoms with van der Waals surface area (Å²) in [6.07, 6.45) is 3.22. The molecule has 0 heterocycles. The van der Waals surface area contributed by atoms with E-state index in [9.17, 15) is 5.41 Å². The summed E-state index contributed by atoms with van der Waals surface area (Å²) in [6, 6.07) is 36.4. The molecule has 0 amide bonds. The monoisotopic (exact) mass is 459 g/mol. The van der Waals surface area contributed by atoms with Gasteiger partial charge in [0.2, 0.25) is 0 Å². The molecule has 0 saturated carbocycles. The number of hydrogen-bond donors (Lipinski definition) is 2. The third kappa shape index (κ3) is 5.41. The SMILES string of the molecule is CCCC(CC)c1ccccc1C(=N)N(C(=N)c1ccccc1)c1ccc(-c2ccccc2)cc1. The molecule has 0 aliphatic rings. The predicted octanol–water partition coefficient (Wildman–Crippen LogP) is 8.50. The van der Waals surface area contributed by atoms with Crippen molar-refractivity contribution in [3.05, 3.63) is 126 Å². The van der Waals surface area contributed by atoms with Crippen molar-refractivity contribution in [2.24, 2.45) is 0 Å². The second-order valence-corrected chi connectivity index (χ2v) is 8.79. The van der Waals surface area contributed by atoms with Crippen LogP contribution in [0.1, 0.15) is 55.7 Å². The first-order chi connectivity index (χ1) is 17.1. The molecule has 0 fully saturated rings. The largest absolute Gasteiger partial charge is 0.284 e. The molecule has 0 bridgehead atoms. The van der Waals surface area contributed by atoms with E-state index in [1.54, 1.807) is 4.90 Å². The lowest BCUT2D eigenvalue weighted by Crippen LogP contribution is -2.37. The van der Waals surface area contributed by atoms with Crippen molar-refractivity contribution in [2.45, 2.75) is 39.0 Å². The summed E-state index contributed by atoms with van der Waals surface area (Å²) >= 11 is 0. The summed E-state index contributed by atoms with van der Waals surface area (Å²) < 4.78 is 0. The summed E-state index contributed by atoms with van der Waals surface area (Å²) in [7, 11) is 0. The highest BCUT2D eigenvalue weighted by Gasteiger charge is 2.24. The van der Waals surface area contributed by atoms with Crippen LogP contribution in [0, 0.1) is 10.8 Å². The van der Waals surface area contributed by atoms with Crippen molar-refractivity contribution in [1.82, 2.24) is 0 Å². The van der Waals surface area contributed by atoms with Crippen LogP contribution in [-0.4, -0.2) is 11.7 Å². The molecule has 0 radical (unpaired) electrons. The van der Waals surface area contributed by atoms with E-state index in [0.29, 0.717) is 17.6 Å². The number of hydrogen-bond acceptors (Lipinski definition) is 2. The Balaban J connectivity index is 1.78. The van der Waals surface area contributed by atoms with Gasteiger partial charge in [0, 0.05) is 16.8 Å². The zero-order valence-corrected chi connectivity index (χ0v) is 20.5. The lowest BCUT2D eigenvalue weighted by atomic mass is 9.88. The van der Waals surface area contributed by atoms with Crippen molar-refractivity contribution >= 4 is 17.4 Å². The molecule has 4 aromatic rings. The fourth-order valence-corrected chi connectivity index (χ4v) is 4.65. The Morgan fingerprint density at radius 2 is 1.23 bits per heavy atom. The topological polar surface area (TPSA) is 50.9 Å². The fraction of sp³-hybridized carbons (Fsp3) is 0.188. The smallest absolute Gasteiger partial charge is 0.138 e. The average Bonchev–Trinajstić information content (AvgIpc) is 2.93. The summed E-state index contributed by atoms with van der Waals surface area (Å²) in [5, 5.41) is 18.5. The molecule has 0 aliphatic heterocycles. The number of amidine groups is 2. The second kappa shape index (κ2) is 11.4. The van der Waals surface area contributed by atoms with Gasteiger partial charge >= 0.3 is 0 Å². The van der Waals surface area contributed by atoms with Crippen LogP contribution in [0.4, 0.5) is 5.69 Å². The lowest BCUT2D eigenvalue weighted by Gasteiger charge is -2.29. The van der Waals surface area contributed by atoms with Crippen LogP contribution < -0.4 is 4.90 Å². The van der Waals surface area contributed by atoms with Gasteiger partial charge in [-0.25, -0.2) is 0 Å². The highest BCUT2D eigenvalue weighted by molar-refractivity contribution is 6.27. The molecule has 176 valence electrons. The van der Waals surface area contributed by atoms with E-state index in [1.165, 1.54) is 5.56 Å². The molecule has 4 rings (SSSR count). The van der Waals surface area contributed by atoms with Crippen molar-refractivity contribution in [3.63, 3.8) is 0 Å². The Morgan fingerprint density at radius 3 is 1.86 bits per heavy atom. The molecule has 35 heavy (non-hydrogen) atoms. The number of nitrogens with zero attached hydrogens (tertiary/aromatic N) is 1. The molecule has 1 unspecified atom stereocenters. The minimum Gasteiger partial charge on any atom is -0.284 e. The van der Waals surface area contributed by atoms with Gasteiger partial charge in [0.25, 0.3) is 0 Å². The number of anilines is 1. The Bertz CT molecular complexity index is 1260. The Morgan fingerprint density at radius 1 is 0.657 bits per heavy atom. The molecule has 0 aliphatic carbocycles. The van der Waals surface area contributed by atoms with Crippen molar-refractivity contribution in [1.29, 1.82) is 10.8 Å². The maximum atomic E-state index is 9.35. The van der Waals surface area contributed by atoms with Crippen molar-refractivity contribution in [3.8, 4) is 11.1 Å². The normalized spacial score (nSPS) is 11.6. The van der Waals surface area contributed by atoms with Gasteiger partial charge in [0.05, 0.1) is 0 Å². The molecule has 0 aromatic heterocycles. The van der Waals surface area contributed by atoms with Crippen molar-refractivity contribution < 1.29 is 0 Å². The van der Waals surface area contributed by atoms with E-state index in [0.717, 1.165) is 47.2 Å². The van der Waals surface area contributed by atoms with Gasteiger partial charge in [-0.3, -0.25) is 15.7 Å². The van der Waals surface area contributed by atoms with Gasteiger partial charge in [-0.05, 0) is 47.6 Å².